The smallest absolute Gasteiger partial charge is 0.321 e. The van der Waals surface area contributed by atoms with Gasteiger partial charge in [-0.05, 0) is 57.9 Å². The third-order valence-electron chi connectivity index (χ3n) is 4.40. The molecule has 0 aliphatic carbocycles. The van der Waals surface area contributed by atoms with E-state index in [4.69, 9.17) is 9.47 Å². The predicted octanol–water partition coefficient (Wildman–Crippen LogP) is 2.22. The number of rotatable bonds is 3. The molecule has 1 unspecified atom stereocenters. The van der Waals surface area contributed by atoms with Gasteiger partial charge >= 0.3 is 6.03 Å². The van der Waals surface area contributed by atoms with Gasteiger partial charge in [0.05, 0.1) is 6.54 Å². The molecule has 1 aromatic carbocycles. The van der Waals surface area contributed by atoms with Crippen molar-refractivity contribution in [1.82, 2.24) is 15.5 Å². The normalized spacial score (nSPS) is 19.9. The molecule has 26 heavy (non-hydrogen) atoms. The minimum Gasteiger partial charge on any atom is -0.486 e. The van der Waals surface area contributed by atoms with Crippen LogP contribution in [-0.2, 0) is 4.79 Å². The number of nitrogens with zero attached hydrogens (tertiary/aromatic N) is 1. The van der Waals surface area contributed by atoms with Gasteiger partial charge in [0.1, 0.15) is 13.2 Å². The number of urea groups is 1. The summed E-state index contributed by atoms with van der Waals surface area (Å²) >= 11 is 0. The Hall–Kier alpha value is -2.28. The molecule has 0 bridgehead atoms. The lowest BCUT2D eigenvalue weighted by molar-refractivity contribution is -0.121. The standard InChI is InChI=1S/C19H27N3O4/c1-19(2,3)21-18(24)20-17(23)12-22-8-4-5-14(22)13-6-7-15-16(11-13)26-10-9-25-15/h6-7,11,14H,4-5,8-10,12H2,1-3H3,(H2,20,21,23,24). The first kappa shape index (κ1) is 18.5. The van der Waals surface area contributed by atoms with Crippen LogP contribution in [0.2, 0.25) is 0 Å². The molecule has 2 N–H and O–H groups in total. The minimum atomic E-state index is -0.461. The van der Waals surface area contributed by atoms with Crippen LogP contribution in [0.4, 0.5) is 4.79 Å². The molecule has 7 nitrogen and oxygen atoms in total. The molecule has 0 radical (unpaired) electrons. The van der Waals surface area contributed by atoms with E-state index in [9.17, 15) is 9.59 Å². The Bertz CT molecular complexity index is 684. The van der Waals surface area contributed by atoms with Crippen molar-refractivity contribution in [2.45, 2.75) is 45.2 Å². The Labute approximate surface area is 154 Å². The summed E-state index contributed by atoms with van der Waals surface area (Å²) in [6, 6.07) is 5.64. The van der Waals surface area contributed by atoms with E-state index in [2.05, 4.69) is 15.5 Å². The average Bonchev–Trinajstić information content (AvgIpc) is 3.00. The number of imide groups is 1. The molecule has 7 heteroatoms. The van der Waals surface area contributed by atoms with E-state index < -0.39 is 6.03 Å². The number of nitrogens with one attached hydrogen (secondary N) is 2. The molecule has 142 valence electrons. The summed E-state index contributed by atoms with van der Waals surface area (Å²) in [6.07, 6.45) is 1.99. The molecule has 3 rings (SSSR count). The highest BCUT2D eigenvalue weighted by atomic mass is 16.6. The summed E-state index contributed by atoms with van der Waals surface area (Å²) in [5.74, 6) is 1.23. The van der Waals surface area contributed by atoms with Crippen LogP contribution >= 0.6 is 0 Å². The Morgan fingerprint density at radius 2 is 1.92 bits per heavy atom. The lowest BCUT2D eigenvalue weighted by Gasteiger charge is -2.26. The lowest BCUT2D eigenvalue weighted by atomic mass is 10.0. The third-order valence-corrected chi connectivity index (χ3v) is 4.40. The number of carbonyl (C=O) groups is 2. The number of hydrogen-bond acceptors (Lipinski definition) is 5. The zero-order chi connectivity index (χ0) is 18.7. The van der Waals surface area contributed by atoms with Gasteiger partial charge < -0.3 is 14.8 Å². The van der Waals surface area contributed by atoms with Gasteiger partial charge in [-0.2, -0.15) is 0 Å². The molecule has 1 aromatic rings. The molecular weight excluding hydrogens is 334 g/mol. The molecule has 0 spiro atoms. The number of ether oxygens (including phenoxy) is 2. The van der Waals surface area contributed by atoms with Gasteiger partial charge in [0.25, 0.3) is 0 Å². The van der Waals surface area contributed by atoms with Crippen LogP contribution in [0.25, 0.3) is 0 Å². The zero-order valence-corrected chi connectivity index (χ0v) is 15.6. The predicted molar refractivity (Wildman–Crippen MR) is 97.4 cm³/mol. The number of amides is 3. The lowest BCUT2D eigenvalue weighted by Crippen LogP contribution is -2.50. The Kier molecular flexibility index (Phi) is 5.36. The van der Waals surface area contributed by atoms with Gasteiger partial charge in [-0.1, -0.05) is 6.07 Å². The van der Waals surface area contributed by atoms with Gasteiger partial charge in [0.2, 0.25) is 5.91 Å². The maximum Gasteiger partial charge on any atom is 0.321 e. The van der Waals surface area contributed by atoms with Gasteiger partial charge in [0.15, 0.2) is 11.5 Å². The summed E-state index contributed by atoms with van der Waals surface area (Å²) in [5.41, 5.74) is 0.727. The van der Waals surface area contributed by atoms with Crippen LogP contribution in [0.1, 0.15) is 45.2 Å². The van der Waals surface area contributed by atoms with Gasteiger partial charge in [-0.3, -0.25) is 15.0 Å². The average molecular weight is 361 g/mol. The van der Waals surface area contributed by atoms with Crippen molar-refractivity contribution in [2.24, 2.45) is 0 Å². The van der Waals surface area contributed by atoms with E-state index in [1.165, 1.54) is 0 Å². The molecule has 0 saturated carbocycles. The van der Waals surface area contributed by atoms with Crippen LogP contribution in [0, 0.1) is 0 Å². The molecule has 3 amide bonds. The maximum atomic E-state index is 12.2. The van der Waals surface area contributed by atoms with Crippen molar-refractivity contribution in [1.29, 1.82) is 0 Å². The van der Waals surface area contributed by atoms with Gasteiger partial charge in [-0.15, -0.1) is 0 Å². The topological polar surface area (TPSA) is 79.9 Å². The molecule has 1 saturated heterocycles. The Morgan fingerprint density at radius 1 is 1.19 bits per heavy atom. The van der Waals surface area contributed by atoms with E-state index in [1.807, 2.05) is 39.0 Å². The highest BCUT2D eigenvalue weighted by Gasteiger charge is 2.29. The number of benzene rings is 1. The van der Waals surface area contributed by atoms with E-state index in [-0.39, 0.29) is 24.0 Å². The summed E-state index contributed by atoms with van der Waals surface area (Å²) in [5, 5.41) is 5.14. The monoisotopic (exact) mass is 361 g/mol. The molecule has 2 heterocycles. The Balaban J connectivity index is 1.61. The fourth-order valence-corrected chi connectivity index (χ4v) is 3.38. The van der Waals surface area contributed by atoms with Crippen molar-refractivity contribution in [3.8, 4) is 11.5 Å². The van der Waals surface area contributed by atoms with E-state index >= 15 is 0 Å². The second-order valence-electron chi connectivity index (χ2n) is 7.78. The van der Waals surface area contributed by atoms with E-state index in [0.717, 1.165) is 36.4 Å². The maximum absolute atomic E-state index is 12.2. The minimum absolute atomic E-state index is 0.141. The molecule has 1 fully saturated rings. The molecule has 2 aliphatic rings. The fraction of sp³-hybridized carbons (Fsp3) is 0.579. The first-order chi connectivity index (χ1) is 12.3. The van der Waals surface area contributed by atoms with Crippen molar-refractivity contribution in [3.63, 3.8) is 0 Å². The highest BCUT2D eigenvalue weighted by Crippen LogP contribution is 2.37. The van der Waals surface area contributed by atoms with Crippen LogP contribution in [0.3, 0.4) is 0 Å². The van der Waals surface area contributed by atoms with E-state index in [0.29, 0.717) is 13.2 Å². The first-order valence-electron chi connectivity index (χ1n) is 9.07. The van der Waals surface area contributed by atoms with Crippen molar-refractivity contribution < 1.29 is 19.1 Å². The van der Waals surface area contributed by atoms with Crippen LogP contribution in [0.15, 0.2) is 18.2 Å². The van der Waals surface area contributed by atoms with Crippen LogP contribution < -0.4 is 20.1 Å². The summed E-state index contributed by atoms with van der Waals surface area (Å²) in [7, 11) is 0. The summed E-state index contributed by atoms with van der Waals surface area (Å²) < 4.78 is 11.2. The van der Waals surface area contributed by atoms with E-state index in [1.54, 1.807) is 0 Å². The SMILES string of the molecule is CC(C)(C)NC(=O)NC(=O)CN1CCCC1c1ccc2c(c1)OCCO2. The van der Waals surface area contributed by atoms with Crippen LogP contribution in [-0.4, -0.2) is 48.7 Å². The zero-order valence-electron chi connectivity index (χ0n) is 15.6. The molecule has 1 atom stereocenters. The largest absolute Gasteiger partial charge is 0.486 e. The molecule has 2 aliphatic heterocycles. The number of likely N-dealkylation sites (tertiary alicyclic amines) is 1. The van der Waals surface area contributed by atoms with Gasteiger partial charge in [0, 0.05) is 11.6 Å². The van der Waals surface area contributed by atoms with Crippen molar-refractivity contribution in [2.75, 3.05) is 26.3 Å². The molecule has 0 aromatic heterocycles. The third kappa shape index (κ3) is 4.66. The number of carbonyl (C=O) groups excluding carboxylic acids is 2. The fourth-order valence-electron chi connectivity index (χ4n) is 3.38. The second-order valence-corrected chi connectivity index (χ2v) is 7.78. The molecular formula is C19H27N3O4. The summed E-state index contributed by atoms with van der Waals surface area (Å²) in [6.45, 7) is 7.75. The van der Waals surface area contributed by atoms with Crippen LogP contribution in [0.5, 0.6) is 11.5 Å². The van der Waals surface area contributed by atoms with Crippen molar-refractivity contribution in [3.05, 3.63) is 23.8 Å². The second kappa shape index (κ2) is 7.53. The number of fused-ring (bicyclic) bond motifs is 1. The quantitative estimate of drug-likeness (QED) is 0.863. The highest BCUT2D eigenvalue weighted by molar-refractivity contribution is 5.95. The first-order valence-corrected chi connectivity index (χ1v) is 9.07. The Morgan fingerprint density at radius 3 is 2.65 bits per heavy atom. The van der Waals surface area contributed by atoms with Gasteiger partial charge in [-0.25, -0.2) is 4.79 Å². The number of hydrogen-bond donors (Lipinski definition) is 2. The van der Waals surface area contributed by atoms with Crippen molar-refractivity contribution >= 4 is 11.9 Å². The summed E-state index contributed by atoms with van der Waals surface area (Å²) in [4.78, 5) is 26.2.